The lowest BCUT2D eigenvalue weighted by molar-refractivity contribution is 0.414. The highest BCUT2D eigenvalue weighted by Gasteiger charge is 2.17. The minimum Gasteiger partial charge on any atom is -0.497 e. The molecule has 20 heavy (non-hydrogen) atoms. The Kier molecular flexibility index (Phi) is 4.78. The summed E-state index contributed by atoms with van der Waals surface area (Å²) in [5.74, 6) is 0.897. The Balaban J connectivity index is 1.88. The van der Waals surface area contributed by atoms with Crippen molar-refractivity contribution in [1.29, 1.82) is 0 Å². The monoisotopic (exact) mass is 290 g/mol. The van der Waals surface area contributed by atoms with Crippen molar-refractivity contribution in [2.75, 3.05) is 7.11 Å². The van der Waals surface area contributed by atoms with Crippen LogP contribution < -0.4 is 10.1 Å². The van der Waals surface area contributed by atoms with Crippen LogP contribution >= 0.6 is 11.3 Å². The predicted octanol–water partition coefficient (Wildman–Crippen LogP) is 3.74. The van der Waals surface area contributed by atoms with Gasteiger partial charge in [0.25, 0.3) is 0 Å². The van der Waals surface area contributed by atoms with Crippen molar-refractivity contribution in [2.24, 2.45) is 0 Å². The quantitative estimate of drug-likeness (QED) is 0.911. The van der Waals surface area contributed by atoms with Crippen LogP contribution in [-0.4, -0.2) is 12.1 Å². The summed E-state index contributed by atoms with van der Waals surface area (Å²) in [5, 5.41) is 6.72. The Morgan fingerprint density at radius 2 is 2.05 bits per heavy atom. The molecule has 0 aliphatic heterocycles. The number of nitrogens with one attached hydrogen (secondary N) is 1. The molecule has 1 aromatic carbocycles. The van der Waals surface area contributed by atoms with Crippen LogP contribution in [0.2, 0.25) is 0 Å². The van der Waals surface area contributed by atoms with E-state index in [9.17, 15) is 0 Å². The van der Waals surface area contributed by atoms with Crippen LogP contribution in [0.15, 0.2) is 29.6 Å². The van der Waals surface area contributed by atoms with Crippen LogP contribution in [0.5, 0.6) is 5.75 Å². The standard InChI is InChI=1S/C16H22N2OS/c1-16(2,3)14-11-20-15(18-14)10-17-9-12-6-5-7-13(8-12)19-4/h5-8,11,17H,9-10H2,1-4H3. The van der Waals surface area contributed by atoms with Gasteiger partial charge in [-0.1, -0.05) is 32.9 Å². The third-order valence-electron chi connectivity index (χ3n) is 3.06. The Bertz CT molecular complexity index is 558. The summed E-state index contributed by atoms with van der Waals surface area (Å²) >= 11 is 1.72. The van der Waals surface area contributed by atoms with Crippen molar-refractivity contribution in [3.05, 3.63) is 45.9 Å². The van der Waals surface area contributed by atoms with E-state index in [2.05, 4.69) is 48.6 Å². The molecule has 1 aromatic heterocycles. The largest absolute Gasteiger partial charge is 0.497 e. The normalized spacial score (nSPS) is 11.6. The highest BCUT2D eigenvalue weighted by molar-refractivity contribution is 7.09. The number of hydrogen-bond donors (Lipinski definition) is 1. The minimum atomic E-state index is 0.127. The number of ether oxygens (including phenoxy) is 1. The van der Waals surface area contributed by atoms with E-state index in [1.54, 1.807) is 18.4 Å². The summed E-state index contributed by atoms with van der Waals surface area (Å²) in [6.07, 6.45) is 0. The molecule has 0 aliphatic rings. The molecule has 0 aliphatic carbocycles. The Morgan fingerprint density at radius 1 is 1.25 bits per heavy atom. The van der Waals surface area contributed by atoms with E-state index in [1.807, 2.05) is 12.1 Å². The van der Waals surface area contributed by atoms with Gasteiger partial charge in [-0.15, -0.1) is 11.3 Å². The summed E-state index contributed by atoms with van der Waals surface area (Å²) in [6.45, 7) is 8.19. The van der Waals surface area contributed by atoms with Gasteiger partial charge in [-0.25, -0.2) is 4.98 Å². The first kappa shape index (κ1) is 15.0. The maximum absolute atomic E-state index is 5.22. The number of methoxy groups -OCH3 is 1. The highest BCUT2D eigenvalue weighted by Crippen LogP contribution is 2.23. The average molecular weight is 290 g/mol. The molecular weight excluding hydrogens is 268 g/mol. The van der Waals surface area contributed by atoms with Crippen molar-refractivity contribution < 1.29 is 4.74 Å². The molecule has 0 atom stereocenters. The van der Waals surface area contributed by atoms with Gasteiger partial charge in [-0.3, -0.25) is 0 Å². The second-order valence-corrected chi connectivity index (χ2v) is 6.77. The number of rotatable bonds is 5. The molecule has 3 nitrogen and oxygen atoms in total. The number of nitrogens with zero attached hydrogens (tertiary/aromatic N) is 1. The molecule has 2 aromatic rings. The third-order valence-corrected chi connectivity index (χ3v) is 3.91. The van der Waals surface area contributed by atoms with Gasteiger partial charge in [-0.2, -0.15) is 0 Å². The molecule has 0 fully saturated rings. The zero-order valence-electron chi connectivity index (χ0n) is 12.6. The summed E-state index contributed by atoms with van der Waals surface area (Å²) < 4.78 is 5.22. The third kappa shape index (κ3) is 4.05. The number of aromatic nitrogens is 1. The molecule has 0 saturated carbocycles. The van der Waals surface area contributed by atoms with Crippen LogP contribution in [0.4, 0.5) is 0 Å². The topological polar surface area (TPSA) is 34.1 Å². The van der Waals surface area contributed by atoms with E-state index in [0.717, 1.165) is 23.8 Å². The van der Waals surface area contributed by atoms with E-state index in [1.165, 1.54) is 11.3 Å². The fraction of sp³-hybridized carbons (Fsp3) is 0.438. The van der Waals surface area contributed by atoms with E-state index < -0.39 is 0 Å². The smallest absolute Gasteiger partial charge is 0.119 e. The van der Waals surface area contributed by atoms with Crippen molar-refractivity contribution in [1.82, 2.24) is 10.3 Å². The second-order valence-electron chi connectivity index (χ2n) is 5.83. The molecule has 0 spiro atoms. The predicted molar refractivity (Wildman–Crippen MR) is 84.4 cm³/mol. The molecule has 0 amide bonds. The molecule has 0 saturated heterocycles. The van der Waals surface area contributed by atoms with Crippen LogP contribution in [-0.2, 0) is 18.5 Å². The molecule has 1 N–H and O–H groups in total. The molecule has 2 rings (SSSR count). The summed E-state index contributed by atoms with van der Waals surface area (Å²) in [4.78, 5) is 4.68. The number of benzene rings is 1. The lowest BCUT2D eigenvalue weighted by Gasteiger charge is -2.14. The van der Waals surface area contributed by atoms with Crippen LogP contribution in [0.3, 0.4) is 0 Å². The van der Waals surface area contributed by atoms with Crippen molar-refractivity contribution in [3.8, 4) is 5.75 Å². The molecule has 108 valence electrons. The number of thiazole rings is 1. The summed E-state index contributed by atoms with van der Waals surface area (Å²) in [6, 6.07) is 8.12. The van der Waals surface area contributed by atoms with E-state index >= 15 is 0 Å². The van der Waals surface area contributed by atoms with Gasteiger partial charge < -0.3 is 10.1 Å². The SMILES string of the molecule is COc1cccc(CNCc2nc(C(C)(C)C)cs2)c1. The first-order chi connectivity index (χ1) is 9.49. The van der Waals surface area contributed by atoms with Crippen LogP contribution in [0, 0.1) is 0 Å². The average Bonchev–Trinajstić information content (AvgIpc) is 2.88. The Hall–Kier alpha value is -1.39. The van der Waals surface area contributed by atoms with E-state index in [0.29, 0.717) is 0 Å². The zero-order valence-corrected chi connectivity index (χ0v) is 13.4. The summed E-state index contributed by atoms with van der Waals surface area (Å²) in [7, 11) is 1.69. The fourth-order valence-corrected chi connectivity index (χ4v) is 2.82. The van der Waals surface area contributed by atoms with Gasteiger partial charge in [0.1, 0.15) is 10.8 Å². The van der Waals surface area contributed by atoms with Gasteiger partial charge in [-0.05, 0) is 17.7 Å². The van der Waals surface area contributed by atoms with Gasteiger partial charge >= 0.3 is 0 Å². The molecule has 4 heteroatoms. The Morgan fingerprint density at radius 3 is 2.70 bits per heavy atom. The summed E-state index contributed by atoms with van der Waals surface area (Å²) in [5.41, 5.74) is 2.51. The molecule has 0 bridgehead atoms. The van der Waals surface area contributed by atoms with Gasteiger partial charge in [0.15, 0.2) is 0 Å². The number of hydrogen-bond acceptors (Lipinski definition) is 4. The highest BCUT2D eigenvalue weighted by atomic mass is 32.1. The van der Waals surface area contributed by atoms with Crippen molar-refractivity contribution in [3.63, 3.8) is 0 Å². The first-order valence-electron chi connectivity index (χ1n) is 6.77. The zero-order chi connectivity index (χ0) is 14.6. The molecule has 1 heterocycles. The Labute approximate surface area is 125 Å². The second kappa shape index (κ2) is 6.37. The van der Waals surface area contributed by atoms with Crippen molar-refractivity contribution in [2.45, 2.75) is 39.3 Å². The lowest BCUT2D eigenvalue weighted by Crippen LogP contribution is -2.14. The van der Waals surface area contributed by atoms with E-state index in [4.69, 9.17) is 4.74 Å². The van der Waals surface area contributed by atoms with E-state index in [-0.39, 0.29) is 5.41 Å². The van der Waals surface area contributed by atoms with Gasteiger partial charge in [0.2, 0.25) is 0 Å². The maximum Gasteiger partial charge on any atom is 0.119 e. The van der Waals surface area contributed by atoms with Crippen LogP contribution in [0.25, 0.3) is 0 Å². The molecule has 0 radical (unpaired) electrons. The fourth-order valence-electron chi connectivity index (χ4n) is 1.83. The molecule has 0 unspecified atom stereocenters. The van der Waals surface area contributed by atoms with Crippen molar-refractivity contribution >= 4 is 11.3 Å². The lowest BCUT2D eigenvalue weighted by atomic mass is 9.93. The molecular formula is C16H22N2OS. The first-order valence-corrected chi connectivity index (χ1v) is 7.65. The minimum absolute atomic E-state index is 0.127. The van der Waals surface area contributed by atoms with Gasteiger partial charge in [0.05, 0.1) is 12.8 Å². The maximum atomic E-state index is 5.22. The van der Waals surface area contributed by atoms with Crippen LogP contribution in [0.1, 0.15) is 37.0 Å². The van der Waals surface area contributed by atoms with Gasteiger partial charge in [0, 0.05) is 23.9 Å².